The number of hydrogen-bond acceptors (Lipinski definition) is 3. The van der Waals surface area contributed by atoms with Crippen molar-refractivity contribution in [2.75, 3.05) is 13.4 Å². The average Bonchev–Trinajstić information content (AvgIpc) is 2.24. The van der Waals surface area contributed by atoms with Gasteiger partial charge in [0.15, 0.2) is 18.4 Å². The summed E-state index contributed by atoms with van der Waals surface area (Å²) >= 11 is 0. The van der Waals surface area contributed by atoms with Crippen LogP contribution in [0.1, 0.15) is 18.5 Å². The lowest BCUT2D eigenvalue weighted by molar-refractivity contribution is -0.187. The molecule has 0 aliphatic heterocycles. The molecule has 0 spiro atoms. The van der Waals surface area contributed by atoms with Gasteiger partial charge in [-0.1, -0.05) is 6.07 Å². The highest BCUT2D eigenvalue weighted by molar-refractivity contribution is 5.30. The molecule has 1 aromatic carbocycles. The fraction of sp³-hybridized carbons (Fsp3) is 0.455. The second kappa shape index (κ2) is 6.01. The molecule has 0 saturated heterocycles. The summed E-state index contributed by atoms with van der Waals surface area (Å²) in [6, 6.07) is 3.66. The maximum atomic E-state index is 13.4. The van der Waals surface area contributed by atoms with Crippen molar-refractivity contribution < 1.29 is 27.0 Å². The maximum absolute atomic E-state index is 13.4. The fourth-order valence-corrected chi connectivity index (χ4v) is 1.18. The molecule has 0 radical (unpaired) electrons. The molecular formula is C11H13F4NO2. The highest BCUT2D eigenvalue weighted by atomic mass is 19.4. The Hall–Kier alpha value is -1.34. The zero-order valence-corrected chi connectivity index (χ0v) is 9.63. The van der Waals surface area contributed by atoms with Crippen LogP contribution in [0.15, 0.2) is 18.2 Å². The number of benzene rings is 1. The molecular weight excluding hydrogens is 254 g/mol. The molecule has 102 valence electrons. The highest BCUT2D eigenvalue weighted by Crippen LogP contribution is 2.21. The lowest BCUT2D eigenvalue weighted by Gasteiger charge is -2.11. The minimum atomic E-state index is -4.43. The van der Waals surface area contributed by atoms with E-state index in [0.717, 1.165) is 0 Å². The van der Waals surface area contributed by atoms with Crippen LogP contribution in [-0.2, 0) is 4.74 Å². The highest BCUT2D eigenvalue weighted by Gasteiger charge is 2.27. The predicted octanol–water partition coefficient (Wildman–Crippen LogP) is 2.76. The van der Waals surface area contributed by atoms with Gasteiger partial charge in [-0.15, -0.1) is 0 Å². The van der Waals surface area contributed by atoms with E-state index in [4.69, 9.17) is 10.5 Å². The van der Waals surface area contributed by atoms with Gasteiger partial charge in [-0.3, -0.25) is 0 Å². The molecule has 0 fully saturated rings. The number of halogens is 4. The van der Waals surface area contributed by atoms with E-state index < -0.39 is 25.4 Å². The van der Waals surface area contributed by atoms with Crippen LogP contribution in [0.2, 0.25) is 0 Å². The van der Waals surface area contributed by atoms with Crippen LogP contribution in [0.3, 0.4) is 0 Å². The molecule has 1 unspecified atom stereocenters. The number of rotatable bonds is 5. The van der Waals surface area contributed by atoms with Crippen molar-refractivity contribution in [1.82, 2.24) is 0 Å². The second-order valence-electron chi connectivity index (χ2n) is 3.70. The smallest absolute Gasteiger partial charge is 0.411 e. The Morgan fingerprint density at radius 2 is 2.00 bits per heavy atom. The molecule has 7 heteroatoms. The number of nitrogens with two attached hydrogens (primary N) is 1. The summed E-state index contributed by atoms with van der Waals surface area (Å²) in [5.74, 6) is -0.873. The van der Waals surface area contributed by atoms with Gasteiger partial charge in [-0.05, 0) is 24.6 Å². The van der Waals surface area contributed by atoms with Gasteiger partial charge >= 0.3 is 6.18 Å². The van der Waals surface area contributed by atoms with Gasteiger partial charge in [-0.2, -0.15) is 13.2 Å². The standard InChI is InChI=1S/C11H13F4NO2/c1-7(16)8-2-3-10(9(12)4-8)18-6-17-5-11(13,14)15/h2-4,7H,5-6,16H2,1H3. The predicted molar refractivity (Wildman–Crippen MR) is 56.5 cm³/mol. The van der Waals surface area contributed by atoms with Crippen molar-refractivity contribution >= 4 is 0 Å². The van der Waals surface area contributed by atoms with Crippen LogP contribution >= 0.6 is 0 Å². The minimum absolute atomic E-state index is 0.179. The van der Waals surface area contributed by atoms with Gasteiger partial charge in [0, 0.05) is 6.04 Å². The molecule has 1 atom stereocenters. The third-order valence-electron chi connectivity index (χ3n) is 2.05. The lowest BCUT2D eigenvalue weighted by atomic mass is 10.1. The van der Waals surface area contributed by atoms with E-state index >= 15 is 0 Å². The molecule has 18 heavy (non-hydrogen) atoms. The van der Waals surface area contributed by atoms with E-state index in [9.17, 15) is 17.6 Å². The van der Waals surface area contributed by atoms with Crippen molar-refractivity contribution in [3.05, 3.63) is 29.6 Å². The van der Waals surface area contributed by atoms with E-state index in [1.807, 2.05) is 0 Å². The molecule has 2 N–H and O–H groups in total. The first-order valence-corrected chi connectivity index (χ1v) is 5.12. The van der Waals surface area contributed by atoms with Crippen LogP contribution in [-0.4, -0.2) is 19.6 Å². The first kappa shape index (κ1) is 14.7. The Balaban J connectivity index is 2.48. The molecule has 1 aromatic rings. The van der Waals surface area contributed by atoms with Crippen LogP contribution in [0.5, 0.6) is 5.75 Å². The van der Waals surface area contributed by atoms with Crippen molar-refractivity contribution in [3.63, 3.8) is 0 Å². The molecule has 0 bridgehead atoms. The molecule has 0 aliphatic rings. The van der Waals surface area contributed by atoms with Crippen molar-refractivity contribution in [1.29, 1.82) is 0 Å². The first-order chi connectivity index (χ1) is 8.29. The molecule has 3 nitrogen and oxygen atoms in total. The number of alkyl halides is 3. The van der Waals surface area contributed by atoms with Gasteiger partial charge in [0.2, 0.25) is 0 Å². The summed E-state index contributed by atoms with van der Waals surface area (Å²) in [4.78, 5) is 0. The topological polar surface area (TPSA) is 44.5 Å². The van der Waals surface area contributed by atoms with E-state index in [2.05, 4.69) is 4.74 Å². The van der Waals surface area contributed by atoms with Crippen molar-refractivity contribution in [2.45, 2.75) is 19.1 Å². The number of hydrogen-bond donors (Lipinski definition) is 1. The van der Waals surface area contributed by atoms with E-state index in [1.54, 1.807) is 6.92 Å². The van der Waals surface area contributed by atoms with E-state index in [0.29, 0.717) is 5.56 Å². The Labute approximate surface area is 101 Å². The summed E-state index contributed by atoms with van der Waals surface area (Å²) in [5.41, 5.74) is 6.11. The third-order valence-corrected chi connectivity index (χ3v) is 2.05. The van der Waals surface area contributed by atoms with Gasteiger partial charge in [0.1, 0.15) is 6.61 Å². The quantitative estimate of drug-likeness (QED) is 0.507. The summed E-state index contributed by atoms with van der Waals surface area (Å²) in [7, 11) is 0. The van der Waals surface area contributed by atoms with Crippen LogP contribution in [0, 0.1) is 5.82 Å². The third kappa shape index (κ3) is 4.89. The monoisotopic (exact) mass is 267 g/mol. The second-order valence-corrected chi connectivity index (χ2v) is 3.70. The molecule has 0 saturated carbocycles. The molecule has 0 aliphatic carbocycles. The molecule has 0 aromatic heterocycles. The van der Waals surface area contributed by atoms with Crippen LogP contribution < -0.4 is 10.5 Å². The van der Waals surface area contributed by atoms with Gasteiger partial charge in [-0.25, -0.2) is 4.39 Å². The molecule has 1 rings (SSSR count). The van der Waals surface area contributed by atoms with Gasteiger partial charge in [0.25, 0.3) is 0 Å². The normalized spacial score (nSPS) is 13.4. The Morgan fingerprint density at radius 1 is 1.33 bits per heavy atom. The molecule has 0 heterocycles. The summed E-state index contributed by atoms with van der Waals surface area (Å²) in [6.07, 6.45) is -4.43. The fourth-order valence-electron chi connectivity index (χ4n) is 1.18. The van der Waals surface area contributed by atoms with E-state index in [1.165, 1.54) is 18.2 Å². The van der Waals surface area contributed by atoms with Crippen molar-refractivity contribution in [3.8, 4) is 5.75 Å². The Bertz CT molecular complexity index is 393. The summed E-state index contributed by atoms with van der Waals surface area (Å²) in [5, 5.41) is 0. The zero-order chi connectivity index (χ0) is 13.8. The minimum Gasteiger partial charge on any atom is -0.464 e. The van der Waals surface area contributed by atoms with E-state index in [-0.39, 0.29) is 11.8 Å². The van der Waals surface area contributed by atoms with Crippen LogP contribution in [0.4, 0.5) is 17.6 Å². The van der Waals surface area contributed by atoms with Gasteiger partial charge in [0.05, 0.1) is 0 Å². The first-order valence-electron chi connectivity index (χ1n) is 5.12. The SMILES string of the molecule is CC(N)c1ccc(OCOCC(F)(F)F)c(F)c1. The zero-order valence-electron chi connectivity index (χ0n) is 9.63. The maximum Gasteiger partial charge on any atom is 0.411 e. The lowest BCUT2D eigenvalue weighted by Crippen LogP contribution is -2.19. The largest absolute Gasteiger partial charge is 0.464 e. The van der Waals surface area contributed by atoms with Crippen LogP contribution in [0.25, 0.3) is 0 Å². The number of ether oxygens (including phenoxy) is 2. The summed E-state index contributed by atoms with van der Waals surface area (Å²) in [6.45, 7) is -0.428. The summed E-state index contributed by atoms with van der Waals surface area (Å²) < 4.78 is 57.5. The Kier molecular flexibility index (Phi) is 4.92. The Morgan fingerprint density at radius 3 is 2.50 bits per heavy atom. The van der Waals surface area contributed by atoms with Crippen molar-refractivity contribution in [2.24, 2.45) is 5.73 Å². The van der Waals surface area contributed by atoms with Gasteiger partial charge < -0.3 is 15.2 Å². The average molecular weight is 267 g/mol. The molecule has 0 amide bonds.